The number of carboxylic acid groups (broad SMARTS) is 1. The van der Waals surface area contributed by atoms with E-state index in [4.69, 9.17) is 0 Å². The van der Waals surface area contributed by atoms with Crippen LogP contribution in [0.2, 0.25) is 0 Å². The third kappa shape index (κ3) is 2.61. The summed E-state index contributed by atoms with van der Waals surface area (Å²) in [5.74, 6) is -1.08. The number of aromatic nitrogens is 2. The zero-order valence-corrected chi connectivity index (χ0v) is 10.9. The molecule has 2 aromatic rings. The number of hydrogen-bond donors (Lipinski definition) is 3. The van der Waals surface area contributed by atoms with Crippen molar-refractivity contribution in [1.82, 2.24) is 14.9 Å². The van der Waals surface area contributed by atoms with Crippen molar-refractivity contribution in [2.45, 2.75) is 0 Å². The number of hydrogen-bond acceptors (Lipinski definition) is 3. The lowest BCUT2D eigenvalue weighted by atomic mass is 10.1. The first kappa shape index (κ1) is 13.6. The number of aryl methyl sites for hydroxylation is 1. The number of anilines is 1. The van der Waals surface area contributed by atoms with Crippen LogP contribution >= 0.6 is 0 Å². The Morgan fingerprint density at radius 2 is 2.25 bits per heavy atom. The van der Waals surface area contributed by atoms with Gasteiger partial charge in [0.05, 0.1) is 22.9 Å². The molecule has 20 heavy (non-hydrogen) atoms. The molecule has 0 aliphatic heterocycles. The van der Waals surface area contributed by atoms with Crippen molar-refractivity contribution in [3.8, 4) is 0 Å². The Balaban J connectivity index is 2.38. The largest absolute Gasteiger partial charge is 0.478 e. The molecule has 0 radical (unpaired) electrons. The Kier molecular flexibility index (Phi) is 3.69. The third-order valence-corrected chi connectivity index (χ3v) is 2.71. The molecule has 2 amide bonds. The fourth-order valence-electron chi connectivity index (χ4n) is 1.87. The van der Waals surface area contributed by atoms with Gasteiger partial charge in [0, 0.05) is 19.3 Å². The Morgan fingerprint density at radius 3 is 2.90 bits per heavy atom. The van der Waals surface area contributed by atoms with Crippen molar-refractivity contribution in [3.63, 3.8) is 0 Å². The van der Waals surface area contributed by atoms with Gasteiger partial charge in [-0.3, -0.25) is 0 Å². The minimum atomic E-state index is -1.08. The maximum atomic E-state index is 11.6. The van der Waals surface area contributed by atoms with E-state index in [2.05, 4.69) is 22.2 Å². The molecule has 0 bridgehead atoms. The first-order valence-corrected chi connectivity index (χ1v) is 5.87. The molecule has 0 aliphatic carbocycles. The van der Waals surface area contributed by atoms with Crippen LogP contribution < -0.4 is 10.6 Å². The standard InChI is InChI=1S/C13H14N4O3/c1-3-4-14-13(20)16-8-5-9(12(18)19)11-10(6-8)15-7-17(11)2/h3,5-7H,1,4H2,2H3,(H,18,19)(H2,14,16,20). The summed E-state index contributed by atoms with van der Waals surface area (Å²) in [4.78, 5) is 26.9. The summed E-state index contributed by atoms with van der Waals surface area (Å²) in [5.41, 5.74) is 1.47. The van der Waals surface area contributed by atoms with E-state index in [0.717, 1.165) is 0 Å². The molecule has 3 N–H and O–H groups in total. The van der Waals surface area contributed by atoms with Crippen molar-refractivity contribution < 1.29 is 14.7 Å². The van der Waals surface area contributed by atoms with Gasteiger partial charge < -0.3 is 20.3 Å². The Labute approximate surface area is 114 Å². The van der Waals surface area contributed by atoms with Crippen LogP contribution in [0, 0.1) is 0 Å². The maximum absolute atomic E-state index is 11.6. The van der Waals surface area contributed by atoms with Gasteiger partial charge in [-0.25, -0.2) is 14.6 Å². The Morgan fingerprint density at radius 1 is 1.50 bits per heavy atom. The number of carbonyl (C=O) groups excluding carboxylic acids is 1. The van der Waals surface area contributed by atoms with E-state index in [9.17, 15) is 14.7 Å². The lowest BCUT2D eigenvalue weighted by Crippen LogP contribution is -2.28. The van der Waals surface area contributed by atoms with E-state index in [1.165, 1.54) is 12.4 Å². The van der Waals surface area contributed by atoms with Crippen LogP contribution in [0.5, 0.6) is 0 Å². The fourth-order valence-corrected chi connectivity index (χ4v) is 1.87. The number of nitrogens with one attached hydrogen (secondary N) is 2. The number of amides is 2. The van der Waals surface area contributed by atoms with E-state index in [0.29, 0.717) is 23.3 Å². The molecule has 0 fully saturated rings. The van der Waals surface area contributed by atoms with Crippen LogP contribution in [0.3, 0.4) is 0 Å². The van der Waals surface area contributed by atoms with E-state index in [1.54, 1.807) is 23.8 Å². The minimum absolute atomic E-state index is 0.0847. The van der Waals surface area contributed by atoms with Crippen molar-refractivity contribution in [1.29, 1.82) is 0 Å². The highest BCUT2D eigenvalue weighted by Crippen LogP contribution is 2.23. The molecule has 104 valence electrons. The smallest absolute Gasteiger partial charge is 0.337 e. The molecule has 0 unspecified atom stereocenters. The molecule has 2 rings (SSSR count). The summed E-state index contributed by atoms with van der Waals surface area (Å²) < 4.78 is 1.63. The number of urea groups is 1. The monoisotopic (exact) mass is 274 g/mol. The molecule has 0 saturated heterocycles. The molecule has 1 heterocycles. The second kappa shape index (κ2) is 5.43. The Hall–Kier alpha value is -2.83. The highest BCUT2D eigenvalue weighted by atomic mass is 16.4. The van der Waals surface area contributed by atoms with Crippen LogP contribution in [0.4, 0.5) is 10.5 Å². The van der Waals surface area contributed by atoms with Crippen molar-refractivity contribution in [2.24, 2.45) is 7.05 Å². The quantitative estimate of drug-likeness (QED) is 0.737. The van der Waals surface area contributed by atoms with Crippen LogP contribution in [0.15, 0.2) is 31.1 Å². The van der Waals surface area contributed by atoms with Gasteiger partial charge in [-0.05, 0) is 12.1 Å². The first-order valence-electron chi connectivity index (χ1n) is 5.87. The molecule has 7 nitrogen and oxygen atoms in total. The zero-order chi connectivity index (χ0) is 14.7. The van der Waals surface area contributed by atoms with Gasteiger partial charge in [-0.15, -0.1) is 6.58 Å². The van der Waals surface area contributed by atoms with Gasteiger partial charge in [0.25, 0.3) is 0 Å². The van der Waals surface area contributed by atoms with Gasteiger partial charge in [0.15, 0.2) is 0 Å². The zero-order valence-electron chi connectivity index (χ0n) is 10.9. The van der Waals surface area contributed by atoms with Gasteiger partial charge in [-0.1, -0.05) is 6.08 Å². The van der Waals surface area contributed by atoms with Crippen LogP contribution in [0.1, 0.15) is 10.4 Å². The second-order valence-corrected chi connectivity index (χ2v) is 4.18. The number of carboxylic acids is 1. The molecular formula is C13H14N4O3. The van der Waals surface area contributed by atoms with Crippen molar-refractivity contribution in [3.05, 3.63) is 36.7 Å². The topological polar surface area (TPSA) is 96.2 Å². The SMILES string of the molecule is C=CCNC(=O)Nc1cc(C(=O)O)c2c(c1)ncn2C. The summed E-state index contributed by atoms with van der Waals surface area (Å²) in [6.07, 6.45) is 3.07. The predicted octanol–water partition coefficient (Wildman–Crippen LogP) is 1.58. The number of nitrogens with zero attached hydrogens (tertiary/aromatic N) is 2. The predicted molar refractivity (Wildman–Crippen MR) is 74.9 cm³/mol. The van der Waals surface area contributed by atoms with Gasteiger partial charge in [0.1, 0.15) is 0 Å². The number of aromatic carboxylic acids is 1. The van der Waals surface area contributed by atoms with Gasteiger partial charge in [-0.2, -0.15) is 0 Å². The number of benzene rings is 1. The summed E-state index contributed by atoms with van der Waals surface area (Å²) >= 11 is 0. The molecule has 7 heteroatoms. The van der Waals surface area contributed by atoms with Crippen LogP contribution in [0.25, 0.3) is 11.0 Å². The molecule has 0 saturated carbocycles. The van der Waals surface area contributed by atoms with E-state index >= 15 is 0 Å². The average molecular weight is 274 g/mol. The average Bonchev–Trinajstić information content (AvgIpc) is 2.77. The summed E-state index contributed by atoms with van der Waals surface area (Å²) in [7, 11) is 1.71. The summed E-state index contributed by atoms with van der Waals surface area (Å²) in [6, 6.07) is 2.59. The molecule has 1 aromatic heterocycles. The molecule has 0 spiro atoms. The lowest BCUT2D eigenvalue weighted by molar-refractivity contribution is 0.0698. The Bertz CT molecular complexity index is 690. The van der Waals surface area contributed by atoms with Crippen molar-refractivity contribution >= 4 is 28.7 Å². The highest BCUT2D eigenvalue weighted by Gasteiger charge is 2.15. The normalized spacial score (nSPS) is 10.2. The number of fused-ring (bicyclic) bond motifs is 1. The lowest BCUT2D eigenvalue weighted by Gasteiger charge is -2.08. The molecular weight excluding hydrogens is 260 g/mol. The first-order chi connectivity index (χ1) is 9.52. The van der Waals surface area contributed by atoms with Gasteiger partial charge in [0.2, 0.25) is 0 Å². The van der Waals surface area contributed by atoms with Crippen LogP contribution in [-0.4, -0.2) is 33.2 Å². The van der Waals surface area contributed by atoms with Gasteiger partial charge >= 0.3 is 12.0 Å². The van der Waals surface area contributed by atoms with Crippen LogP contribution in [-0.2, 0) is 7.05 Å². The molecule has 0 atom stereocenters. The summed E-state index contributed by atoms with van der Waals surface area (Å²) in [5, 5.41) is 14.3. The number of imidazole rings is 1. The van der Waals surface area contributed by atoms with E-state index < -0.39 is 12.0 Å². The highest BCUT2D eigenvalue weighted by molar-refractivity contribution is 6.04. The summed E-state index contributed by atoms with van der Waals surface area (Å²) in [6.45, 7) is 3.81. The van der Waals surface area contributed by atoms with E-state index in [1.807, 2.05) is 0 Å². The number of carbonyl (C=O) groups is 2. The van der Waals surface area contributed by atoms with E-state index in [-0.39, 0.29) is 5.56 Å². The number of rotatable bonds is 4. The van der Waals surface area contributed by atoms with Crippen molar-refractivity contribution in [2.75, 3.05) is 11.9 Å². The molecule has 1 aromatic carbocycles. The maximum Gasteiger partial charge on any atom is 0.337 e. The fraction of sp³-hybridized carbons (Fsp3) is 0.154. The molecule has 0 aliphatic rings. The second-order valence-electron chi connectivity index (χ2n) is 4.18. The third-order valence-electron chi connectivity index (χ3n) is 2.71. The minimum Gasteiger partial charge on any atom is -0.478 e.